The Hall–Kier alpha value is -4.91. The summed E-state index contributed by atoms with van der Waals surface area (Å²) in [5.41, 5.74) is 6.01. The molecule has 2 saturated heterocycles. The van der Waals surface area contributed by atoms with E-state index < -0.39 is 43.7 Å². The van der Waals surface area contributed by atoms with E-state index >= 15 is 0 Å². The van der Waals surface area contributed by atoms with Crippen LogP contribution in [0.25, 0.3) is 11.2 Å². The molecular weight excluding hydrogens is 749 g/mol. The van der Waals surface area contributed by atoms with Crippen molar-refractivity contribution in [1.82, 2.24) is 24.2 Å². The molecule has 3 aromatic carbocycles. The molecule has 3 N–H and O–H groups in total. The minimum absolute atomic E-state index is 0.0227. The first-order chi connectivity index (χ1) is 27.5. The van der Waals surface area contributed by atoms with Crippen LogP contribution < -0.4 is 20.8 Å². The van der Waals surface area contributed by atoms with Crippen molar-refractivity contribution in [3.05, 3.63) is 112 Å². The summed E-state index contributed by atoms with van der Waals surface area (Å²) in [5.74, 6) is 1.33. The molecule has 4 heterocycles. The Morgan fingerprint density at radius 1 is 1.00 bits per heavy atom. The van der Waals surface area contributed by atoms with Gasteiger partial charge in [0, 0.05) is 12.1 Å². The zero-order valence-electron chi connectivity index (χ0n) is 32.8. The molecule has 15 nitrogen and oxygen atoms in total. The summed E-state index contributed by atoms with van der Waals surface area (Å²) in [7, 11) is 1.51. The van der Waals surface area contributed by atoms with Crippen molar-refractivity contribution in [2.45, 2.75) is 75.8 Å². The summed E-state index contributed by atoms with van der Waals surface area (Å²) in [6.07, 6.45) is -0.631. The van der Waals surface area contributed by atoms with E-state index in [0.717, 1.165) is 16.7 Å². The number of imidazole rings is 1. The fraction of sp³-hybridized carbons (Fsp3) is 0.415. The van der Waals surface area contributed by atoms with Gasteiger partial charge in [0.05, 0.1) is 52.9 Å². The molecule has 2 bridgehead atoms. The molecule has 1 unspecified atom stereocenters. The number of methoxy groups -OCH3 is 2. The smallest absolute Gasteiger partial charge is 0.280 e. The number of nitrogens with two attached hydrogens (primary N) is 1. The second-order valence-corrected chi connectivity index (χ2v) is 15.9. The number of hydrogen-bond acceptors (Lipinski definition) is 13. The van der Waals surface area contributed by atoms with Crippen molar-refractivity contribution < 1.29 is 32.7 Å². The van der Waals surface area contributed by atoms with E-state index in [4.69, 9.17) is 38.5 Å². The Morgan fingerprint density at radius 2 is 1.61 bits per heavy atom. The second-order valence-electron chi connectivity index (χ2n) is 14.5. The number of nitriles is 1. The Balaban J connectivity index is 1.36. The minimum Gasteiger partial charge on any atom is -0.497 e. The van der Waals surface area contributed by atoms with Gasteiger partial charge in [0.2, 0.25) is 5.95 Å². The highest BCUT2D eigenvalue weighted by Crippen LogP contribution is 2.56. The van der Waals surface area contributed by atoms with E-state index in [9.17, 15) is 10.1 Å². The summed E-state index contributed by atoms with van der Waals surface area (Å²) in [4.78, 5) is 24.2. The molecule has 2 aliphatic rings. The second kappa shape index (κ2) is 16.9. The van der Waals surface area contributed by atoms with Crippen LogP contribution in [0.5, 0.6) is 11.5 Å². The maximum absolute atomic E-state index is 12.9. The number of benzene rings is 3. The van der Waals surface area contributed by atoms with E-state index in [-0.39, 0.29) is 55.4 Å². The van der Waals surface area contributed by atoms with Crippen LogP contribution in [-0.2, 0) is 28.9 Å². The zero-order valence-corrected chi connectivity index (χ0v) is 33.7. The van der Waals surface area contributed by atoms with Gasteiger partial charge < -0.3 is 38.5 Å². The predicted octanol–water partition coefficient (Wildman–Crippen LogP) is 6.06. The van der Waals surface area contributed by atoms with Crippen LogP contribution in [0.15, 0.2) is 90.0 Å². The van der Waals surface area contributed by atoms with Gasteiger partial charge in [-0.25, -0.2) is 9.65 Å². The van der Waals surface area contributed by atoms with Crippen molar-refractivity contribution in [3.8, 4) is 17.6 Å². The number of nitrogen functional groups attached to an aromatic ring is 1. The van der Waals surface area contributed by atoms with Gasteiger partial charge in [0.15, 0.2) is 17.4 Å². The van der Waals surface area contributed by atoms with E-state index in [1.54, 1.807) is 18.8 Å². The van der Waals surface area contributed by atoms with Crippen LogP contribution in [0.4, 0.5) is 5.95 Å². The third-order valence-electron chi connectivity index (χ3n) is 10.3. The number of ether oxygens (including phenoxy) is 5. The number of aromatic amines is 1. The molecule has 300 valence electrons. The van der Waals surface area contributed by atoms with Gasteiger partial charge in [-0.05, 0) is 68.7 Å². The van der Waals surface area contributed by atoms with Crippen molar-refractivity contribution in [1.29, 1.82) is 5.26 Å². The van der Waals surface area contributed by atoms with Crippen LogP contribution in [0, 0.1) is 11.3 Å². The molecule has 0 aliphatic carbocycles. The average Bonchev–Trinajstić information content (AvgIpc) is 3.88. The Morgan fingerprint density at radius 3 is 2.19 bits per heavy atom. The first-order valence-electron chi connectivity index (χ1n) is 18.8. The maximum atomic E-state index is 12.9. The average molecular weight is 798 g/mol. The lowest BCUT2D eigenvalue weighted by Crippen LogP contribution is -2.49. The number of aromatic nitrogens is 4. The molecule has 57 heavy (non-hydrogen) atoms. The predicted molar refractivity (Wildman–Crippen MR) is 214 cm³/mol. The SMILES string of the molecule is COc1ccc(C(OC[C@@]23CO[C@@H]([C@H](n4cnc5c(=O)[nH]c(N)nc54)O2)[C@@H]3OP(OCCC#N)N(C(C)C)C(C)C)(c2ccccc2)c2ccc(OC)cc2)cc1. The van der Waals surface area contributed by atoms with Gasteiger partial charge in [-0.3, -0.25) is 14.3 Å². The summed E-state index contributed by atoms with van der Waals surface area (Å²) in [6.45, 7) is 8.57. The van der Waals surface area contributed by atoms with Gasteiger partial charge in [0.1, 0.15) is 34.9 Å². The van der Waals surface area contributed by atoms with Gasteiger partial charge in [-0.15, -0.1) is 0 Å². The van der Waals surface area contributed by atoms with E-state index in [1.165, 1.54) is 6.33 Å². The molecular formula is C41H48N7O8P. The van der Waals surface area contributed by atoms with Crippen LogP contribution in [0.3, 0.4) is 0 Å². The highest BCUT2D eigenvalue weighted by Gasteiger charge is 2.65. The standard InChI is InChI=1S/C41H48N7O8P/c1-26(2)48(27(3)4)57(54-22-10-21-42)56-35-34-38(47-25-44-33-36(47)45-39(43)46-37(33)49)55-40(35,23-52-34)24-53-41(28-11-8-7-9-12-28,29-13-17-31(50-5)18-14-29)30-15-19-32(51-6)20-16-30/h7-9,11-20,25-27,34-35,38H,10,22-24H2,1-6H3,(H3,43,45,46,49)/t34-,35+,38-,40-,57?/m1/s1. The van der Waals surface area contributed by atoms with Crippen molar-refractivity contribution in [2.75, 3.05) is 39.8 Å². The molecule has 7 rings (SSSR count). The highest BCUT2D eigenvalue weighted by atomic mass is 31.2. The normalized spacial score (nSPS) is 21.1. The largest absolute Gasteiger partial charge is 0.497 e. The lowest BCUT2D eigenvalue weighted by molar-refractivity contribution is -0.202. The summed E-state index contributed by atoms with van der Waals surface area (Å²) in [6, 6.07) is 27.8. The van der Waals surface area contributed by atoms with Gasteiger partial charge >= 0.3 is 0 Å². The topological polar surface area (TPSA) is 181 Å². The summed E-state index contributed by atoms with van der Waals surface area (Å²) in [5, 5.41) is 9.41. The molecule has 0 saturated carbocycles. The monoisotopic (exact) mass is 797 g/mol. The number of H-pyrrole nitrogens is 1. The molecule has 0 spiro atoms. The van der Waals surface area contributed by atoms with E-state index in [2.05, 4.69) is 53.4 Å². The minimum atomic E-state index is -1.75. The number of nitrogens with one attached hydrogen (secondary N) is 1. The fourth-order valence-corrected chi connectivity index (χ4v) is 9.51. The molecule has 2 aliphatic heterocycles. The zero-order chi connectivity index (χ0) is 40.3. The molecule has 5 atom stereocenters. The highest BCUT2D eigenvalue weighted by molar-refractivity contribution is 7.44. The maximum Gasteiger partial charge on any atom is 0.280 e. The molecule has 0 amide bonds. The van der Waals surface area contributed by atoms with Gasteiger partial charge in [-0.2, -0.15) is 10.2 Å². The third kappa shape index (κ3) is 7.62. The van der Waals surface area contributed by atoms with Crippen molar-refractivity contribution in [3.63, 3.8) is 0 Å². The Bertz CT molecular complexity index is 2170. The number of fused-ring (bicyclic) bond motifs is 3. The fourth-order valence-electron chi connectivity index (χ4n) is 7.70. The third-order valence-corrected chi connectivity index (χ3v) is 12.4. The first kappa shape index (κ1) is 40.3. The van der Waals surface area contributed by atoms with Crippen molar-refractivity contribution >= 4 is 25.6 Å². The quantitative estimate of drug-likeness (QED) is 0.0631. The molecule has 16 heteroatoms. The lowest BCUT2D eigenvalue weighted by Gasteiger charge is -2.41. The number of rotatable bonds is 17. The lowest BCUT2D eigenvalue weighted by atomic mass is 9.79. The number of anilines is 1. The molecule has 5 aromatic rings. The van der Waals surface area contributed by atoms with E-state index in [1.807, 2.05) is 78.9 Å². The van der Waals surface area contributed by atoms with Crippen LogP contribution in [-0.4, -0.2) is 88.1 Å². The molecule has 0 radical (unpaired) electrons. The van der Waals surface area contributed by atoms with Crippen LogP contribution in [0.1, 0.15) is 57.0 Å². The molecule has 2 fully saturated rings. The summed E-state index contributed by atoms with van der Waals surface area (Å²) < 4.78 is 49.6. The first-order valence-corrected chi connectivity index (χ1v) is 19.9. The van der Waals surface area contributed by atoms with Gasteiger partial charge in [-0.1, -0.05) is 54.6 Å². The number of nitrogens with zero attached hydrogens (tertiary/aromatic N) is 5. The Kier molecular flexibility index (Phi) is 11.9. The Labute approximate surface area is 332 Å². The van der Waals surface area contributed by atoms with Crippen LogP contribution >= 0.6 is 8.53 Å². The van der Waals surface area contributed by atoms with Crippen LogP contribution in [0.2, 0.25) is 0 Å². The van der Waals surface area contributed by atoms with Crippen molar-refractivity contribution in [2.24, 2.45) is 0 Å². The molecule has 2 aromatic heterocycles. The summed E-state index contributed by atoms with van der Waals surface area (Å²) >= 11 is 0. The van der Waals surface area contributed by atoms with Gasteiger partial charge in [0.25, 0.3) is 14.1 Å². The van der Waals surface area contributed by atoms with E-state index in [0.29, 0.717) is 11.5 Å². The number of hydrogen-bond donors (Lipinski definition) is 2.